The molecule has 0 saturated heterocycles. The Labute approximate surface area is 126 Å². The molecule has 0 fully saturated rings. The van der Waals surface area contributed by atoms with Gasteiger partial charge in [0.15, 0.2) is 0 Å². The van der Waals surface area contributed by atoms with E-state index >= 15 is 0 Å². The van der Waals surface area contributed by atoms with E-state index in [4.69, 9.17) is 10.5 Å². The van der Waals surface area contributed by atoms with Gasteiger partial charge in [-0.2, -0.15) is 0 Å². The van der Waals surface area contributed by atoms with E-state index < -0.39 is 10.8 Å². The number of nitrogens with zero attached hydrogens (tertiary/aromatic N) is 1. The molecule has 0 spiro atoms. The molecule has 0 aliphatic carbocycles. The van der Waals surface area contributed by atoms with E-state index in [-0.39, 0.29) is 17.1 Å². The maximum atomic E-state index is 11.4. The lowest BCUT2D eigenvalue weighted by molar-refractivity contribution is -0.384. The Morgan fingerprint density at radius 1 is 1.18 bits per heavy atom. The molecule has 3 rings (SSSR count). The van der Waals surface area contributed by atoms with Crippen LogP contribution in [0.25, 0.3) is 5.76 Å². The Kier molecular flexibility index (Phi) is 3.34. The molecule has 1 unspecified atom stereocenters. The fourth-order valence-electron chi connectivity index (χ4n) is 2.43. The lowest BCUT2D eigenvalue weighted by Gasteiger charge is -2.22. The summed E-state index contributed by atoms with van der Waals surface area (Å²) in [4.78, 5) is 22.0. The molecule has 2 aromatic carbocycles. The highest BCUT2D eigenvalue weighted by atomic mass is 16.6. The molecule has 2 N–H and O–H groups in total. The maximum absolute atomic E-state index is 11.4. The van der Waals surface area contributed by atoms with Crippen molar-refractivity contribution in [3.8, 4) is 5.75 Å². The van der Waals surface area contributed by atoms with Gasteiger partial charge in [0.05, 0.1) is 10.8 Å². The highest BCUT2D eigenvalue weighted by Gasteiger charge is 2.31. The molecule has 22 heavy (non-hydrogen) atoms. The second kappa shape index (κ2) is 5.33. The zero-order valence-electron chi connectivity index (χ0n) is 11.4. The monoisotopic (exact) mass is 296 g/mol. The number of benzene rings is 2. The van der Waals surface area contributed by atoms with Crippen molar-refractivity contribution in [3.05, 3.63) is 69.8 Å². The van der Waals surface area contributed by atoms with Crippen molar-refractivity contribution in [3.63, 3.8) is 0 Å². The number of aldehydes is 1. The second-order valence-corrected chi connectivity index (χ2v) is 4.84. The third-order valence-corrected chi connectivity index (χ3v) is 3.48. The number of fused-ring (bicyclic) bond motifs is 1. The van der Waals surface area contributed by atoms with E-state index in [0.29, 0.717) is 11.3 Å². The summed E-state index contributed by atoms with van der Waals surface area (Å²) in [6, 6.07) is 12.1. The third kappa shape index (κ3) is 2.20. The molecule has 0 amide bonds. The molecule has 1 aliphatic rings. The van der Waals surface area contributed by atoms with Crippen LogP contribution in [0.5, 0.6) is 5.75 Å². The molecular formula is C16H12N2O4. The highest BCUT2D eigenvalue weighted by molar-refractivity contribution is 5.82. The Morgan fingerprint density at radius 2 is 1.91 bits per heavy atom. The van der Waals surface area contributed by atoms with Crippen LogP contribution in [0.2, 0.25) is 0 Å². The quantitative estimate of drug-likeness (QED) is 0.406. The largest absolute Gasteiger partial charge is 0.449 e. The Morgan fingerprint density at radius 3 is 2.55 bits per heavy atom. The van der Waals surface area contributed by atoms with Crippen LogP contribution in [0.3, 0.4) is 0 Å². The SMILES string of the molecule is Nc1ccc2c(c1[N+](=O)[O-])OC(c1ccccc1)=CC2C=O. The molecule has 0 bridgehead atoms. The lowest BCUT2D eigenvalue weighted by Crippen LogP contribution is -2.12. The number of allylic oxidation sites excluding steroid dienone is 1. The number of carbonyl (C=O) groups excluding carboxylic acids is 1. The molecule has 6 nitrogen and oxygen atoms in total. The molecule has 1 aliphatic heterocycles. The van der Waals surface area contributed by atoms with Gasteiger partial charge >= 0.3 is 5.69 Å². The number of rotatable bonds is 3. The fourth-order valence-corrected chi connectivity index (χ4v) is 2.43. The Bertz CT molecular complexity index is 784. The zero-order chi connectivity index (χ0) is 15.7. The van der Waals surface area contributed by atoms with E-state index in [2.05, 4.69) is 0 Å². The third-order valence-electron chi connectivity index (χ3n) is 3.48. The second-order valence-electron chi connectivity index (χ2n) is 4.84. The minimum atomic E-state index is -0.613. The van der Waals surface area contributed by atoms with E-state index in [9.17, 15) is 14.9 Å². The summed E-state index contributed by atoms with van der Waals surface area (Å²) in [5.41, 5.74) is 6.55. The topological polar surface area (TPSA) is 95.5 Å². The van der Waals surface area contributed by atoms with Crippen LogP contribution in [0.4, 0.5) is 11.4 Å². The van der Waals surface area contributed by atoms with Crippen LogP contribution < -0.4 is 10.5 Å². The van der Waals surface area contributed by atoms with Gasteiger partial charge in [-0.3, -0.25) is 10.1 Å². The zero-order valence-corrected chi connectivity index (χ0v) is 11.4. The first-order valence-electron chi connectivity index (χ1n) is 6.59. The van der Waals surface area contributed by atoms with Gasteiger partial charge in [-0.05, 0) is 12.1 Å². The van der Waals surface area contributed by atoms with Crippen molar-refractivity contribution in [2.45, 2.75) is 5.92 Å². The van der Waals surface area contributed by atoms with E-state index in [1.54, 1.807) is 24.3 Å². The van der Waals surface area contributed by atoms with Gasteiger partial charge in [-0.15, -0.1) is 0 Å². The van der Waals surface area contributed by atoms with Crippen LogP contribution in [0.1, 0.15) is 17.0 Å². The summed E-state index contributed by atoms with van der Waals surface area (Å²) in [5.74, 6) is -0.180. The van der Waals surface area contributed by atoms with E-state index in [1.807, 2.05) is 18.2 Å². The van der Waals surface area contributed by atoms with Crippen molar-refractivity contribution in [2.75, 3.05) is 5.73 Å². The summed E-state index contributed by atoms with van der Waals surface area (Å²) in [7, 11) is 0. The Hall–Kier alpha value is -3.15. The van der Waals surface area contributed by atoms with E-state index in [1.165, 1.54) is 6.07 Å². The van der Waals surface area contributed by atoms with Gasteiger partial charge in [0.2, 0.25) is 5.75 Å². The van der Waals surface area contributed by atoms with Crippen molar-refractivity contribution < 1.29 is 14.5 Å². The summed E-state index contributed by atoms with van der Waals surface area (Å²) in [6.07, 6.45) is 2.37. The minimum Gasteiger partial charge on any atom is -0.449 e. The molecule has 6 heteroatoms. The van der Waals surface area contributed by atoms with Gasteiger partial charge in [0.25, 0.3) is 0 Å². The average Bonchev–Trinajstić information content (AvgIpc) is 2.53. The summed E-state index contributed by atoms with van der Waals surface area (Å²) < 4.78 is 5.70. The smallest absolute Gasteiger partial charge is 0.334 e. The molecule has 0 radical (unpaired) electrons. The normalized spacial score (nSPS) is 16.2. The first-order chi connectivity index (χ1) is 10.6. The first kappa shape index (κ1) is 13.8. The van der Waals surface area contributed by atoms with Crippen molar-refractivity contribution in [1.29, 1.82) is 0 Å². The van der Waals surface area contributed by atoms with Crippen molar-refractivity contribution in [2.24, 2.45) is 0 Å². The van der Waals surface area contributed by atoms with Gasteiger partial charge in [-0.1, -0.05) is 36.4 Å². The number of carbonyl (C=O) groups is 1. The molecule has 1 heterocycles. The average molecular weight is 296 g/mol. The number of hydrogen-bond donors (Lipinski definition) is 1. The Balaban J connectivity index is 2.17. The molecule has 0 saturated carbocycles. The van der Waals surface area contributed by atoms with Crippen LogP contribution >= 0.6 is 0 Å². The van der Waals surface area contributed by atoms with Crippen molar-refractivity contribution in [1.82, 2.24) is 0 Å². The molecule has 2 aromatic rings. The predicted molar refractivity (Wildman–Crippen MR) is 81.4 cm³/mol. The number of nitro benzene ring substituents is 1. The number of hydrogen-bond acceptors (Lipinski definition) is 5. The molecule has 0 aromatic heterocycles. The van der Waals surface area contributed by atoms with Gasteiger partial charge in [-0.25, -0.2) is 0 Å². The standard InChI is InChI=1S/C16H12N2O4/c17-13-7-6-12-11(9-19)8-14(10-4-2-1-3-5-10)22-16(12)15(13)18(20)21/h1-9,11H,17H2. The number of nitrogens with two attached hydrogens (primary N) is 1. The highest BCUT2D eigenvalue weighted by Crippen LogP contribution is 2.45. The number of nitrogen functional groups attached to an aromatic ring is 1. The van der Waals surface area contributed by atoms with Crippen LogP contribution in [-0.2, 0) is 4.79 Å². The number of ether oxygens (including phenoxy) is 1. The van der Waals surface area contributed by atoms with E-state index in [0.717, 1.165) is 11.8 Å². The van der Waals surface area contributed by atoms with Crippen LogP contribution in [0.15, 0.2) is 48.5 Å². The summed E-state index contributed by atoms with van der Waals surface area (Å²) in [5, 5.41) is 11.3. The number of anilines is 1. The lowest BCUT2D eigenvalue weighted by atomic mass is 9.94. The van der Waals surface area contributed by atoms with Gasteiger partial charge in [0.1, 0.15) is 17.7 Å². The van der Waals surface area contributed by atoms with Crippen LogP contribution in [0, 0.1) is 10.1 Å². The van der Waals surface area contributed by atoms with Gasteiger partial charge < -0.3 is 15.3 Å². The minimum absolute atomic E-state index is 0.00251. The fraction of sp³-hybridized carbons (Fsp3) is 0.0625. The molecular weight excluding hydrogens is 284 g/mol. The predicted octanol–water partition coefficient (Wildman–Crippen LogP) is 2.89. The summed E-state index contributed by atoms with van der Waals surface area (Å²) in [6.45, 7) is 0. The maximum Gasteiger partial charge on any atom is 0.334 e. The van der Waals surface area contributed by atoms with Gasteiger partial charge in [0, 0.05) is 11.1 Å². The van der Waals surface area contributed by atoms with Crippen molar-refractivity contribution >= 4 is 23.4 Å². The summed E-state index contributed by atoms with van der Waals surface area (Å²) >= 11 is 0. The molecule has 110 valence electrons. The first-order valence-corrected chi connectivity index (χ1v) is 6.59. The number of nitro groups is 1. The van der Waals surface area contributed by atoms with Crippen LogP contribution in [-0.4, -0.2) is 11.2 Å². The molecule has 1 atom stereocenters.